The van der Waals surface area contributed by atoms with Gasteiger partial charge in [-0.3, -0.25) is 4.79 Å². The maximum absolute atomic E-state index is 11.4. The van der Waals surface area contributed by atoms with Crippen molar-refractivity contribution in [3.05, 3.63) is 75.6 Å². The molecule has 0 unspecified atom stereocenters. The summed E-state index contributed by atoms with van der Waals surface area (Å²) in [7, 11) is 3.09. The molecule has 0 aliphatic carbocycles. The lowest BCUT2D eigenvalue weighted by atomic mass is 10.0. The summed E-state index contributed by atoms with van der Waals surface area (Å²) in [5, 5.41) is 14.1. The van der Waals surface area contributed by atoms with Crippen molar-refractivity contribution in [2.75, 3.05) is 14.2 Å². The van der Waals surface area contributed by atoms with E-state index in [4.69, 9.17) is 21.2 Å². The Morgan fingerprint density at radius 1 is 1.11 bits per heavy atom. The molecule has 0 spiro atoms. The Kier molecular flexibility index (Phi) is 6.34. The minimum absolute atomic E-state index is 0.0860. The van der Waals surface area contributed by atoms with Crippen molar-refractivity contribution in [2.24, 2.45) is 5.16 Å². The number of ether oxygens (including phenoxy) is 1. The Morgan fingerprint density at radius 2 is 1.79 bits per heavy atom. The number of hydrogen-bond donors (Lipinski definition) is 1. The molecule has 1 N–H and O–H groups in total. The summed E-state index contributed by atoms with van der Waals surface area (Å²) in [5.41, 5.74) is 3.09. The number of oxime groups is 1. The molecule has 0 radical (unpaired) electrons. The van der Waals surface area contributed by atoms with E-state index in [2.05, 4.69) is 5.16 Å². The summed E-state index contributed by atoms with van der Waals surface area (Å²) < 4.78 is 5.20. The van der Waals surface area contributed by atoms with Gasteiger partial charge in [0.2, 0.25) is 0 Å². The fraction of sp³-hybridized carbons (Fsp3) is 0.143. The van der Waals surface area contributed by atoms with Crippen LogP contribution in [-0.2, 0) is 16.1 Å². The Bertz CT molecular complexity index is 994. The lowest BCUT2D eigenvalue weighted by molar-refractivity contribution is -0.136. The molecular weight excluding hydrogens is 398 g/mol. The molecule has 3 aromatic rings. The number of benzene rings is 2. The van der Waals surface area contributed by atoms with E-state index in [0.29, 0.717) is 16.3 Å². The first kappa shape index (κ1) is 19.9. The number of hydrogen-bond acceptors (Lipinski definition) is 5. The van der Waals surface area contributed by atoms with E-state index in [0.717, 1.165) is 26.6 Å². The molecule has 1 heterocycles. The van der Waals surface area contributed by atoms with Crippen LogP contribution in [0.15, 0.2) is 59.8 Å². The lowest BCUT2D eigenvalue weighted by Gasteiger charge is -2.05. The van der Waals surface area contributed by atoms with E-state index in [9.17, 15) is 9.90 Å². The topological polar surface area (TPSA) is 68.1 Å². The van der Waals surface area contributed by atoms with Crippen molar-refractivity contribution in [3.63, 3.8) is 0 Å². The Hall–Kier alpha value is -2.83. The van der Waals surface area contributed by atoms with Crippen LogP contribution in [0.3, 0.4) is 0 Å². The number of aliphatic carboxylic acids is 1. The van der Waals surface area contributed by atoms with Gasteiger partial charge in [-0.15, -0.1) is 11.3 Å². The normalized spacial score (nSPS) is 11.3. The Labute approximate surface area is 171 Å². The number of carbonyl (C=O) groups is 1. The van der Waals surface area contributed by atoms with E-state index < -0.39 is 5.97 Å². The van der Waals surface area contributed by atoms with E-state index in [-0.39, 0.29) is 6.42 Å². The van der Waals surface area contributed by atoms with Crippen LogP contribution in [0.5, 0.6) is 5.75 Å². The maximum atomic E-state index is 11.4. The third-order valence-corrected chi connectivity index (χ3v) is 5.52. The fourth-order valence-corrected chi connectivity index (χ4v) is 4.08. The van der Waals surface area contributed by atoms with Gasteiger partial charge in [0.15, 0.2) is 0 Å². The number of carboxylic acids is 1. The number of thiophene rings is 1. The second-order valence-corrected chi connectivity index (χ2v) is 7.38. The van der Waals surface area contributed by atoms with E-state index in [1.807, 2.05) is 42.5 Å². The van der Waals surface area contributed by atoms with Crippen molar-refractivity contribution < 1.29 is 19.5 Å². The highest BCUT2D eigenvalue weighted by Gasteiger charge is 2.18. The van der Waals surface area contributed by atoms with Crippen LogP contribution in [-0.4, -0.2) is 31.0 Å². The molecule has 7 heteroatoms. The summed E-state index contributed by atoms with van der Waals surface area (Å²) in [6.45, 7) is 0. The first-order chi connectivity index (χ1) is 13.5. The zero-order valence-electron chi connectivity index (χ0n) is 15.3. The monoisotopic (exact) mass is 415 g/mol. The molecule has 0 bridgehead atoms. The average Bonchev–Trinajstić information content (AvgIpc) is 3.09. The van der Waals surface area contributed by atoms with Gasteiger partial charge in [-0.1, -0.05) is 28.9 Å². The van der Waals surface area contributed by atoms with Crippen LogP contribution < -0.4 is 4.74 Å². The maximum Gasteiger partial charge on any atom is 0.307 e. The zero-order valence-corrected chi connectivity index (χ0v) is 16.9. The number of nitrogens with zero attached hydrogens (tertiary/aromatic N) is 1. The third kappa shape index (κ3) is 4.52. The second kappa shape index (κ2) is 8.91. The van der Waals surface area contributed by atoms with Gasteiger partial charge >= 0.3 is 5.97 Å². The molecular formula is C21H18ClNO4S. The van der Waals surface area contributed by atoms with Crippen molar-refractivity contribution in [1.82, 2.24) is 0 Å². The number of carboxylic acid groups (broad SMARTS) is 1. The number of rotatable bonds is 7. The standard InChI is InChI=1S/C21H18ClNO4S/c1-26-17-9-5-13(6-10-17)20(23-27-2)18-11-15(12-19(24)25)21(28-18)14-3-7-16(22)8-4-14/h3-11H,12H2,1-2H3,(H,24,25)/b23-20+. The highest BCUT2D eigenvalue weighted by atomic mass is 35.5. The summed E-state index contributed by atoms with van der Waals surface area (Å²) in [6.07, 6.45) is -0.0860. The number of halogens is 1. The van der Waals surface area contributed by atoms with Gasteiger partial charge in [-0.2, -0.15) is 0 Å². The van der Waals surface area contributed by atoms with Crippen molar-refractivity contribution in [1.29, 1.82) is 0 Å². The van der Waals surface area contributed by atoms with Crippen LogP contribution in [0.4, 0.5) is 0 Å². The number of methoxy groups -OCH3 is 1. The Morgan fingerprint density at radius 3 is 2.36 bits per heavy atom. The summed E-state index contributed by atoms with van der Waals surface area (Å²) in [6, 6.07) is 16.6. The zero-order chi connectivity index (χ0) is 20.1. The van der Waals surface area contributed by atoms with Crippen LogP contribution in [0, 0.1) is 0 Å². The van der Waals surface area contributed by atoms with Crippen LogP contribution in [0.1, 0.15) is 16.0 Å². The van der Waals surface area contributed by atoms with Gasteiger partial charge in [-0.25, -0.2) is 0 Å². The molecule has 5 nitrogen and oxygen atoms in total. The largest absolute Gasteiger partial charge is 0.497 e. The molecule has 28 heavy (non-hydrogen) atoms. The molecule has 0 saturated heterocycles. The average molecular weight is 416 g/mol. The van der Waals surface area contributed by atoms with Crippen molar-refractivity contribution >= 4 is 34.6 Å². The predicted molar refractivity (Wildman–Crippen MR) is 112 cm³/mol. The second-order valence-electron chi connectivity index (χ2n) is 5.89. The molecule has 3 rings (SSSR count). The minimum atomic E-state index is -0.894. The Balaban J connectivity index is 2.09. The predicted octanol–water partition coefficient (Wildman–Crippen LogP) is 5.10. The fourth-order valence-electron chi connectivity index (χ4n) is 2.77. The smallest absolute Gasteiger partial charge is 0.307 e. The first-order valence-electron chi connectivity index (χ1n) is 8.38. The van der Waals surface area contributed by atoms with E-state index in [1.165, 1.54) is 18.4 Å². The van der Waals surface area contributed by atoms with Gasteiger partial charge in [0.05, 0.1) is 18.4 Å². The van der Waals surface area contributed by atoms with Crippen molar-refractivity contribution in [2.45, 2.75) is 6.42 Å². The molecule has 1 aromatic heterocycles. The quantitative estimate of drug-likeness (QED) is 0.430. The third-order valence-electron chi connectivity index (χ3n) is 4.04. The molecule has 0 atom stereocenters. The molecule has 0 fully saturated rings. The molecule has 0 saturated carbocycles. The highest BCUT2D eigenvalue weighted by Crippen LogP contribution is 2.35. The van der Waals surface area contributed by atoms with Gasteiger partial charge < -0.3 is 14.7 Å². The summed E-state index contributed by atoms with van der Waals surface area (Å²) in [5.74, 6) is -0.158. The van der Waals surface area contributed by atoms with Gasteiger partial charge in [0.25, 0.3) is 0 Å². The molecule has 0 aliphatic rings. The van der Waals surface area contributed by atoms with Gasteiger partial charge in [0.1, 0.15) is 18.6 Å². The molecule has 2 aromatic carbocycles. The SMILES string of the molecule is CO/N=C(\c1ccc(OC)cc1)c1cc(CC(=O)O)c(-c2ccc(Cl)cc2)s1. The molecule has 0 amide bonds. The van der Waals surface area contributed by atoms with Crippen LogP contribution >= 0.6 is 22.9 Å². The van der Waals surface area contributed by atoms with Crippen LogP contribution in [0.2, 0.25) is 5.02 Å². The summed E-state index contributed by atoms with van der Waals surface area (Å²) >= 11 is 7.45. The molecule has 144 valence electrons. The summed E-state index contributed by atoms with van der Waals surface area (Å²) in [4.78, 5) is 18.1. The van der Waals surface area contributed by atoms with E-state index in [1.54, 1.807) is 19.2 Å². The lowest BCUT2D eigenvalue weighted by Crippen LogP contribution is -2.03. The van der Waals surface area contributed by atoms with Gasteiger partial charge in [-0.05, 0) is 53.6 Å². The van der Waals surface area contributed by atoms with Crippen LogP contribution in [0.25, 0.3) is 10.4 Å². The minimum Gasteiger partial charge on any atom is -0.497 e. The van der Waals surface area contributed by atoms with E-state index >= 15 is 0 Å². The first-order valence-corrected chi connectivity index (χ1v) is 9.57. The van der Waals surface area contributed by atoms with Crippen molar-refractivity contribution in [3.8, 4) is 16.2 Å². The van der Waals surface area contributed by atoms with Gasteiger partial charge in [0, 0.05) is 15.5 Å². The highest BCUT2D eigenvalue weighted by molar-refractivity contribution is 7.17. The molecule has 0 aliphatic heterocycles.